The molecule has 0 spiro atoms. The van der Waals surface area contributed by atoms with E-state index < -0.39 is 0 Å². The summed E-state index contributed by atoms with van der Waals surface area (Å²) in [5.41, 5.74) is 3.81. The van der Waals surface area contributed by atoms with E-state index in [0.717, 1.165) is 44.0 Å². The van der Waals surface area contributed by atoms with E-state index in [-0.39, 0.29) is 0 Å². The molecule has 1 atom stereocenters. The Morgan fingerprint density at radius 3 is 2.82 bits per heavy atom. The van der Waals surface area contributed by atoms with Gasteiger partial charge in [0.1, 0.15) is 12.4 Å². The molecule has 1 aliphatic rings. The normalized spacial score (nSPS) is 14.6. The quantitative estimate of drug-likeness (QED) is 0.854. The first-order valence-electron chi connectivity index (χ1n) is 8.12. The second-order valence-corrected chi connectivity index (χ2v) is 5.78. The largest absolute Gasteiger partial charge is 0.490 e. The average Bonchev–Trinajstić information content (AvgIpc) is 2.59. The van der Waals surface area contributed by atoms with Crippen LogP contribution in [0.2, 0.25) is 0 Å². The maximum absolute atomic E-state index is 5.64. The van der Waals surface area contributed by atoms with Gasteiger partial charge in [-0.2, -0.15) is 0 Å². The molecule has 0 aliphatic carbocycles. The molecular weight excluding hydrogens is 272 g/mol. The standard InChI is InChI=1S/C19H24N2O/c1-2-17(21-14-15-6-4-3-5-7-15)12-16-8-9-19-18(13-16)20-10-11-22-19/h3-9,13,17,20-21H,2,10-12,14H2,1H3. The van der Waals surface area contributed by atoms with Crippen LogP contribution in [-0.4, -0.2) is 19.2 Å². The number of ether oxygens (including phenoxy) is 1. The van der Waals surface area contributed by atoms with E-state index in [4.69, 9.17) is 4.74 Å². The molecule has 22 heavy (non-hydrogen) atoms. The molecule has 3 rings (SSSR count). The third-order valence-electron chi connectivity index (χ3n) is 4.13. The van der Waals surface area contributed by atoms with E-state index >= 15 is 0 Å². The summed E-state index contributed by atoms with van der Waals surface area (Å²) in [5.74, 6) is 0.972. The fourth-order valence-electron chi connectivity index (χ4n) is 2.82. The lowest BCUT2D eigenvalue weighted by Crippen LogP contribution is -2.30. The van der Waals surface area contributed by atoms with Crippen LogP contribution in [0.4, 0.5) is 5.69 Å². The molecule has 2 N–H and O–H groups in total. The van der Waals surface area contributed by atoms with Crippen LogP contribution in [0.5, 0.6) is 5.75 Å². The number of benzene rings is 2. The van der Waals surface area contributed by atoms with Gasteiger partial charge in [-0.15, -0.1) is 0 Å². The second-order valence-electron chi connectivity index (χ2n) is 5.78. The topological polar surface area (TPSA) is 33.3 Å². The summed E-state index contributed by atoms with van der Waals surface area (Å²) in [6, 6.07) is 17.5. The first-order chi connectivity index (χ1) is 10.8. The van der Waals surface area contributed by atoms with Gasteiger partial charge in [0.25, 0.3) is 0 Å². The minimum Gasteiger partial charge on any atom is -0.490 e. The fourth-order valence-corrected chi connectivity index (χ4v) is 2.82. The predicted molar refractivity (Wildman–Crippen MR) is 91.5 cm³/mol. The van der Waals surface area contributed by atoms with Crippen LogP contribution in [-0.2, 0) is 13.0 Å². The van der Waals surface area contributed by atoms with E-state index in [9.17, 15) is 0 Å². The molecule has 0 amide bonds. The van der Waals surface area contributed by atoms with Gasteiger partial charge in [0, 0.05) is 19.1 Å². The number of hydrogen-bond donors (Lipinski definition) is 2. The molecule has 0 fully saturated rings. The maximum Gasteiger partial charge on any atom is 0.142 e. The van der Waals surface area contributed by atoms with E-state index in [1.807, 2.05) is 0 Å². The summed E-state index contributed by atoms with van der Waals surface area (Å²) < 4.78 is 5.64. The van der Waals surface area contributed by atoms with Crippen molar-refractivity contribution in [2.24, 2.45) is 0 Å². The summed E-state index contributed by atoms with van der Waals surface area (Å²) in [6.45, 7) is 4.80. The molecule has 0 aromatic heterocycles. The van der Waals surface area contributed by atoms with Crippen molar-refractivity contribution in [2.45, 2.75) is 32.4 Å². The van der Waals surface area contributed by atoms with Gasteiger partial charge in [0.15, 0.2) is 0 Å². The zero-order chi connectivity index (χ0) is 15.2. The van der Waals surface area contributed by atoms with Gasteiger partial charge in [-0.1, -0.05) is 43.3 Å². The van der Waals surface area contributed by atoms with E-state index in [2.05, 4.69) is 66.1 Å². The predicted octanol–water partition coefficient (Wildman–Crippen LogP) is 3.60. The molecule has 1 unspecified atom stereocenters. The minimum absolute atomic E-state index is 0.489. The molecule has 0 saturated heterocycles. The summed E-state index contributed by atoms with van der Waals surface area (Å²) >= 11 is 0. The van der Waals surface area contributed by atoms with Crippen LogP contribution in [0, 0.1) is 0 Å². The highest BCUT2D eigenvalue weighted by Gasteiger charge is 2.12. The monoisotopic (exact) mass is 296 g/mol. The van der Waals surface area contributed by atoms with Crippen molar-refractivity contribution in [1.82, 2.24) is 5.32 Å². The first-order valence-corrected chi connectivity index (χ1v) is 8.12. The molecule has 1 aliphatic heterocycles. The Kier molecular flexibility index (Phi) is 4.96. The Morgan fingerprint density at radius 2 is 2.00 bits per heavy atom. The zero-order valence-corrected chi connectivity index (χ0v) is 13.1. The lowest BCUT2D eigenvalue weighted by molar-refractivity contribution is 0.323. The van der Waals surface area contributed by atoms with Crippen LogP contribution in [0.3, 0.4) is 0 Å². The molecule has 0 bridgehead atoms. The van der Waals surface area contributed by atoms with Crippen molar-refractivity contribution in [3.8, 4) is 5.75 Å². The lowest BCUT2D eigenvalue weighted by Gasteiger charge is -2.21. The Balaban J connectivity index is 1.60. The summed E-state index contributed by atoms with van der Waals surface area (Å²) in [5, 5.41) is 7.07. The number of fused-ring (bicyclic) bond motifs is 1. The van der Waals surface area contributed by atoms with Crippen LogP contribution < -0.4 is 15.4 Å². The van der Waals surface area contributed by atoms with Crippen molar-refractivity contribution in [3.05, 3.63) is 59.7 Å². The summed E-state index contributed by atoms with van der Waals surface area (Å²) in [4.78, 5) is 0. The number of anilines is 1. The third-order valence-corrected chi connectivity index (χ3v) is 4.13. The lowest BCUT2D eigenvalue weighted by atomic mass is 10.0. The van der Waals surface area contributed by atoms with Crippen molar-refractivity contribution in [3.63, 3.8) is 0 Å². The fraction of sp³-hybridized carbons (Fsp3) is 0.368. The Labute approximate surface area is 132 Å². The van der Waals surface area contributed by atoms with Crippen LogP contribution in [0.15, 0.2) is 48.5 Å². The second kappa shape index (κ2) is 7.32. The minimum atomic E-state index is 0.489. The van der Waals surface area contributed by atoms with Gasteiger partial charge in [-0.3, -0.25) is 0 Å². The van der Waals surface area contributed by atoms with E-state index in [0.29, 0.717) is 6.04 Å². The molecule has 1 heterocycles. The molecule has 0 saturated carbocycles. The molecule has 2 aromatic rings. The van der Waals surface area contributed by atoms with Crippen LogP contribution >= 0.6 is 0 Å². The first kappa shape index (κ1) is 14.9. The molecule has 3 nitrogen and oxygen atoms in total. The number of rotatable bonds is 6. The van der Waals surface area contributed by atoms with Gasteiger partial charge in [0.2, 0.25) is 0 Å². The van der Waals surface area contributed by atoms with Crippen LogP contribution in [0.25, 0.3) is 0 Å². The third kappa shape index (κ3) is 3.80. The number of hydrogen-bond acceptors (Lipinski definition) is 3. The number of nitrogens with one attached hydrogen (secondary N) is 2. The molecule has 0 radical (unpaired) electrons. The molecular formula is C19H24N2O. The van der Waals surface area contributed by atoms with Gasteiger partial charge < -0.3 is 15.4 Å². The average molecular weight is 296 g/mol. The smallest absolute Gasteiger partial charge is 0.142 e. The van der Waals surface area contributed by atoms with Crippen molar-refractivity contribution in [1.29, 1.82) is 0 Å². The van der Waals surface area contributed by atoms with Crippen molar-refractivity contribution >= 4 is 5.69 Å². The Hall–Kier alpha value is -2.00. The summed E-state index contributed by atoms with van der Waals surface area (Å²) in [7, 11) is 0. The van der Waals surface area contributed by atoms with Crippen LogP contribution in [0.1, 0.15) is 24.5 Å². The van der Waals surface area contributed by atoms with E-state index in [1.54, 1.807) is 0 Å². The van der Waals surface area contributed by atoms with Gasteiger partial charge in [-0.25, -0.2) is 0 Å². The van der Waals surface area contributed by atoms with Gasteiger partial charge in [0.05, 0.1) is 5.69 Å². The molecule has 2 aromatic carbocycles. The zero-order valence-electron chi connectivity index (χ0n) is 13.1. The highest BCUT2D eigenvalue weighted by atomic mass is 16.5. The molecule has 3 heteroatoms. The van der Waals surface area contributed by atoms with Crippen molar-refractivity contribution in [2.75, 3.05) is 18.5 Å². The maximum atomic E-state index is 5.64. The van der Waals surface area contributed by atoms with Crippen molar-refractivity contribution < 1.29 is 4.74 Å². The highest BCUT2D eigenvalue weighted by Crippen LogP contribution is 2.28. The summed E-state index contributed by atoms with van der Waals surface area (Å²) in [6.07, 6.45) is 2.16. The molecule has 116 valence electrons. The Bertz CT molecular complexity index is 598. The Morgan fingerprint density at radius 1 is 1.14 bits per heavy atom. The van der Waals surface area contributed by atoms with Gasteiger partial charge in [-0.05, 0) is 36.1 Å². The van der Waals surface area contributed by atoms with Gasteiger partial charge >= 0.3 is 0 Å². The highest BCUT2D eigenvalue weighted by molar-refractivity contribution is 5.59. The van der Waals surface area contributed by atoms with E-state index in [1.165, 1.54) is 11.1 Å². The SMILES string of the molecule is CCC(Cc1ccc2c(c1)NCCO2)NCc1ccccc1.